The lowest BCUT2D eigenvalue weighted by atomic mass is 10.2. The van der Waals surface area contributed by atoms with Gasteiger partial charge in [0.2, 0.25) is 11.8 Å². The van der Waals surface area contributed by atoms with E-state index in [1.807, 2.05) is 24.3 Å². The molecule has 1 aromatic carbocycles. The summed E-state index contributed by atoms with van der Waals surface area (Å²) in [4.78, 5) is 25.5. The van der Waals surface area contributed by atoms with Crippen LogP contribution in [0.1, 0.15) is 10.9 Å². The molecule has 2 amide bonds. The first kappa shape index (κ1) is 16.6. The van der Waals surface area contributed by atoms with E-state index in [0.717, 1.165) is 11.3 Å². The van der Waals surface area contributed by atoms with E-state index in [0.29, 0.717) is 18.9 Å². The quantitative estimate of drug-likeness (QED) is 0.759. The molecule has 1 heterocycles. The maximum Gasteiger partial charge on any atom is 0.239 e. The van der Waals surface area contributed by atoms with Gasteiger partial charge in [-0.25, -0.2) is 0 Å². The van der Waals surface area contributed by atoms with Crippen molar-refractivity contribution in [2.45, 2.75) is 5.37 Å². The van der Waals surface area contributed by atoms with E-state index < -0.39 is 0 Å². The van der Waals surface area contributed by atoms with Crippen molar-refractivity contribution < 1.29 is 19.1 Å². The normalized spacial score (nSPS) is 17.6. The average Bonchev–Trinajstić information content (AvgIpc) is 2.89. The lowest BCUT2D eigenvalue weighted by Crippen LogP contribution is -2.40. The Kier molecular flexibility index (Phi) is 6.09. The molecule has 0 spiro atoms. The second kappa shape index (κ2) is 8.05. The zero-order chi connectivity index (χ0) is 15.9. The fourth-order valence-electron chi connectivity index (χ4n) is 2.17. The Balaban J connectivity index is 2.00. The minimum Gasteiger partial charge on any atom is -0.497 e. The number of amides is 2. The number of hydrogen-bond acceptors (Lipinski definition) is 5. The van der Waals surface area contributed by atoms with Gasteiger partial charge in [-0.3, -0.25) is 9.59 Å². The maximum atomic E-state index is 12.0. The van der Waals surface area contributed by atoms with E-state index in [1.54, 1.807) is 19.1 Å². The van der Waals surface area contributed by atoms with Gasteiger partial charge < -0.3 is 19.7 Å². The van der Waals surface area contributed by atoms with Gasteiger partial charge in [0.1, 0.15) is 17.7 Å². The topological polar surface area (TPSA) is 67.9 Å². The number of carbonyl (C=O) groups is 2. The third kappa shape index (κ3) is 4.14. The molecule has 1 N–H and O–H groups in total. The van der Waals surface area contributed by atoms with E-state index in [4.69, 9.17) is 9.47 Å². The van der Waals surface area contributed by atoms with Gasteiger partial charge in [-0.05, 0) is 17.7 Å². The van der Waals surface area contributed by atoms with Crippen LogP contribution in [-0.4, -0.2) is 56.4 Å². The Morgan fingerprint density at radius 1 is 1.36 bits per heavy atom. The second-order valence-electron chi connectivity index (χ2n) is 4.80. The summed E-state index contributed by atoms with van der Waals surface area (Å²) in [5, 5.41) is 2.60. The van der Waals surface area contributed by atoms with Gasteiger partial charge in [0.25, 0.3) is 0 Å². The van der Waals surface area contributed by atoms with Crippen molar-refractivity contribution in [3.05, 3.63) is 29.8 Å². The summed E-state index contributed by atoms with van der Waals surface area (Å²) >= 11 is 1.53. The van der Waals surface area contributed by atoms with Crippen molar-refractivity contribution in [1.29, 1.82) is 0 Å². The van der Waals surface area contributed by atoms with Crippen LogP contribution >= 0.6 is 11.8 Å². The highest BCUT2D eigenvalue weighted by Crippen LogP contribution is 2.38. The van der Waals surface area contributed by atoms with Gasteiger partial charge in [0, 0.05) is 13.7 Å². The Morgan fingerprint density at radius 3 is 2.73 bits per heavy atom. The molecule has 7 heteroatoms. The highest BCUT2D eigenvalue weighted by atomic mass is 32.2. The van der Waals surface area contributed by atoms with Crippen LogP contribution in [0.15, 0.2) is 24.3 Å². The molecule has 1 saturated heterocycles. The lowest BCUT2D eigenvalue weighted by Gasteiger charge is -2.23. The summed E-state index contributed by atoms with van der Waals surface area (Å²) in [7, 11) is 3.19. The Bertz CT molecular complexity index is 521. The van der Waals surface area contributed by atoms with Gasteiger partial charge in [-0.2, -0.15) is 0 Å². The zero-order valence-corrected chi connectivity index (χ0v) is 13.5. The maximum absolute atomic E-state index is 12.0. The predicted molar refractivity (Wildman–Crippen MR) is 84.8 cm³/mol. The average molecular weight is 324 g/mol. The van der Waals surface area contributed by atoms with E-state index in [-0.39, 0.29) is 23.7 Å². The summed E-state index contributed by atoms with van der Waals surface area (Å²) in [6, 6.07) is 7.56. The van der Waals surface area contributed by atoms with Gasteiger partial charge in [-0.1, -0.05) is 12.1 Å². The number of carbonyl (C=O) groups excluding carboxylic acids is 2. The van der Waals surface area contributed by atoms with Crippen molar-refractivity contribution in [1.82, 2.24) is 10.2 Å². The fourth-order valence-corrected chi connectivity index (χ4v) is 3.36. The Hall–Kier alpha value is -1.73. The first-order chi connectivity index (χ1) is 10.7. The number of benzene rings is 1. The smallest absolute Gasteiger partial charge is 0.239 e. The number of thioether (sulfide) groups is 1. The van der Waals surface area contributed by atoms with Crippen LogP contribution in [0.25, 0.3) is 0 Å². The van der Waals surface area contributed by atoms with E-state index in [1.165, 1.54) is 11.8 Å². The van der Waals surface area contributed by atoms with Crippen LogP contribution < -0.4 is 10.1 Å². The predicted octanol–water partition coefficient (Wildman–Crippen LogP) is 1.03. The number of nitrogens with zero attached hydrogens (tertiary/aromatic N) is 1. The van der Waals surface area contributed by atoms with Crippen LogP contribution in [0.3, 0.4) is 0 Å². The second-order valence-corrected chi connectivity index (χ2v) is 5.87. The molecular formula is C15H20N2O4S. The molecule has 0 saturated carbocycles. The van der Waals surface area contributed by atoms with Crippen LogP contribution in [-0.2, 0) is 14.3 Å². The van der Waals surface area contributed by atoms with Gasteiger partial charge in [-0.15, -0.1) is 11.8 Å². The van der Waals surface area contributed by atoms with Gasteiger partial charge >= 0.3 is 0 Å². The minimum absolute atomic E-state index is 0.0206. The largest absolute Gasteiger partial charge is 0.497 e. The molecule has 1 aliphatic rings. The molecular weight excluding hydrogens is 304 g/mol. The Labute approximate surface area is 134 Å². The molecule has 0 aromatic heterocycles. The number of methoxy groups -OCH3 is 2. The molecule has 1 aromatic rings. The minimum atomic E-state index is -0.175. The van der Waals surface area contributed by atoms with E-state index in [9.17, 15) is 9.59 Å². The highest BCUT2D eigenvalue weighted by molar-refractivity contribution is 8.00. The SMILES string of the molecule is COCCNC(=O)CN1C(=O)CSC1c1ccc(OC)cc1. The molecule has 1 unspecified atom stereocenters. The third-order valence-electron chi connectivity index (χ3n) is 3.31. The van der Waals surface area contributed by atoms with Crippen molar-refractivity contribution in [3.8, 4) is 5.75 Å². The molecule has 120 valence electrons. The summed E-state index contributed by atoms with van der Waals surface area (Å²) in [6.45, 7) is 0.959. The monoisotopic (exact) mass is 324 g/mol. The molecule has 0 aliphatic carbocycles. The van der Waals surface area contributed by atoms with E-state index in [2.05, 4.69) is 5.32 Å². The fraction of sp³-hybridized carbons (Fsp3) is 0.467. The summed E-state index contributed by atoms with van der Waals surface area (Å²) < 4.78 is 10.0. The lowest BCUT2D eigenvalue weighted by molar-refractivity contribution is -0.133. The van der Waals surface area contributed by atoms with E-state index >= 15 is 0 Å². The number of rotatable bonds is 7. The summed E-state index contributed by atoms with van der Waals surface area (Å²) in [5.74, 6) is 0.961. The zero-order valence-electron chi connectivity index (χ0n) is 12.7. The molecule has 22 heavy (non-hydrogen) atoms. The summed E-state index contributed by atoms with van der Waals surface area (Å²) in [6.07, 6.45) is 0. The molecule has 1 aliphatic heterocycles. The van der Waals surface area contributed by atoms with Crippen LogP contribution in [0.5, 0.6) is 5.75 Å². The van der Waals surface area contributed by atoms with Crippen molar-refractivity contribution >= 4 is 23.6 Å². The third-order valence-corrected chi connectivity index (χ3v) is 4.57. The number of hydrogen-bond donors (Lipinski definition) is 1. The molecule has 0 bridgehead atoms. The highest BCUT2D eigenvalue weighted by Gasteiger charge is 2.33. The summed E-state index contributed by atoms with van der Waals surface area (Å²) in [5.41, 5.74) is 0.987. The molecule has 2 rings (SSSR count). The first-order valence-electron chi connectivity index (χ1n) is 6.96. The van der Waals surface area contributed by atoms with Crippen molar-refractivity contribution in [2.75, 3.05) is 39.7 Å². The van der Waals surface area contributed by atoms with Gasteiger partial charge in [0.15, 0.2) is 0 Å². The number of nitrogens with one attached hydrogen (secondary N) is 1. The van der Waals surface area contributed by atoms with Crippen LogP contribution in [0.4, 0.5) is 0 Å². The van der Waals surface area contributed by atoms with Crippen LogP contribution in [0.2, 0.25) is 0 Å². The number of ether oxygens (including phenoxy) is 2. The van der Waals surface area contributed by atoms with Crippen LogP contribution in [0, 0.1) is 0 Å². The molecule has 1 fully saturated rings. The molecule has 6 nitrogen and oxygen atoms in total. The first-order valence-corrected chi connectivity index (χ1v) is 8.01. The molecule has 0 radical (unpaired) electrons. The van der Waals surface area contributed by atoms with Crippen molar-refractivity contribution in [2.24, 2.45) is 0 Å². The standard InChI is InChI=1S/C15H20N2O4S/c1-20-8-7-16-13(18)9-17-14(19)10-22-15(17)11-3-5-12(21-2)6-4-11/h3-6,15H,7-10H2,1-2H3,(H,16,18). The van der Waals surface area contributed by atoms with Crippen molar-refractivity contribution in [3.63, 3.8) is 0 Å². The Morgan fingerprint density at radius 2 is 2.09 bits per heavy atom. The van der Waals surface area contributed by atoms with Gasteiger partial charge in [0.05, 0.1) is 19.5 Å². The molecule has 1 atom stereocenters.